The Balaban J connectivity index is 2.09. The van der Waals surface area contributed by atoms with Gasteiger partial charge in [0, 0.05) is 11.6 Å². The van der Waals surface area contributed by atoms with Crippen LogP contribution in [0.2, 0.25) is 0 Å². The summed E-state index contributed by atoms with van der Waals surface area (Å²) in [6, 6.07) is 13.5. The van der Waals surface area contributed by atoms with Crippen LogP contribution in [0.3, 0.4) is 0 Å². The molecule has 0 radical (unpaired) electrons. The third kappa shape index (κ3) is 3.01. The number of carbonyl (C=O) groups excluding carboxylic acids is 1. The van der Waals surface area contributed by atoms with E-state index in [0.29, 0.717) is 11.3 Å². The van der Waals surface area contributed by atoms with Gasteiger partial charge in [-0.15, -0.1) is 0 Å². The second kappa shape index (κ2) is 6.58. The van der Waals surface area contributed by atoms with Crippen molar-refractivity contribution in [2.75, 3.05) is 14.2 Å². The summed E-state index contributed by atoms with van der Waals surface area (Å²) in [5, 5.41) is 5.22. The van der Waals surface area contributed by atoms with Crippen LogP contribution in [0.5, 0.6) is 5.75 Å². The van der Waals surface area contributed by atoms with Gasteiger partial charge in [0.2, 0.25) is 0 Å². The summed E-state index contributed by atoms with van der Waals surface area (Å²) >= 11 is 0. The predicted molar refractivity (Wildman–Crippen MR) is 94.0 cm³/mol. The third-order valence-electron chi connectivity index (χ3n) is 3.77. The number of benzene rings is 2. The van der Waals surface area contributed by atoms with E-state index >= 15 is 0 Å². The van der Waals surface area contributed by atoms with E-state index < -0.39 is 5.97 Å². The molecule has 122 valence electrons. The van der Waals surface area contributed by atoms with Gasteiger partial charge in [-0.05, 0) is 30.7 Å². The largest absolute Gasteiger partial charge is 0.497 e. The smallest absolute Gasteiger partial charge is 0.340 e. The lowest BCUT2D eigenvalue weighted by Gasteiger charge is -2.01. The van der Waals surface area contributed by atoms with Crippen molar-refractivity contribution in [1.82, 2.24) is 4.68 Å². The minimum atomic E-state index is -0.405. The Labute approximate surface area is 140 Å². The summed E-state index contributed by atoms with van der Waals surface area (Å²) in [7, 11) is 2.95. The first kappa shape index (κ1) is 15.8. The molecular formula is C19H18N2O3. The summed E-state index contributed by atoms with van der Waals surface area (Å²) in [6.07, 6.45) is 3.43. The van der Waals surface area contributed by atoms with Crippen molar-refractivity contribution in [3.63, 3.8) is 0 Å². The van der Waals surface area contributed by atoms with Crippen LogP contribution in [0.15, 0.2) is 53.8 Å². The zero-order chi connectivity index (χ0) is 17.1. The van der Waals surface area contributed by atoms with Gasteiger partial charge in [0.05, 0.1) is 31.5 Å². The number of esters is 1. The number of methoxy groups -OCH3 is 2. The van der Waals surface area contributed by atoms with Crippen LogP contribution in [-0.2, 0) is 4.74 Å². The maximum Gasteiger partial charge on any atom is 0.340 e. The van der Waals surface area contributed by atoms with E-state index in [1.165, 1.54) is 7.11 Å². The first-order valence-electron chi connectivity index (χ1n) is 7.51. The molecule has 5 heteroatoms. The highest BCUT2D eigenvalue weighted by molar-refractivity contribution is 6.04. The maximum atomic E-state index is 12.0. The van der Waals surface area contributed by atoms with Crippen LogP contribution < -0.4 is 4.74 Å². The standard InChI is InChI=1S/C19H18N2O3/c1-13-5-4-6-14(9-13)11-20-21-12-17(19(22)24-3)16-10-15(23-2)7-8-18(16)21/h4-12H,1-3H3/b20-11+. The molecule has 1 heterocycles. The fourth-order valence-corrected chi connectivity index (χ4v) is 2.57. The Morgan fingerprint density at radius 2 is 2.00 bits per heavy atom. The molecule has 3 aromatic rings. The molecule has 24 heavy (non-hydrogen) atoms. The topological polar surface area (TPSA) is 52.8 Å². The fourth-order valence-electron chi connectivity index (χ4n) is 2.57. The zero-order valence-electron chi connectivity index (χ0n) is 13.8. The van der Waals surface area contributed by atoms with Crippen LogP contribution in [0.25, 0.3) is 10.9 Å². The molecule has 0 unspecified atom stereocenters. The Morgan fingerprint density at radius 3 is 2.71 bits per heavy atom. The van der Waals surface area contributed by atoms with Crippen LogP contribution >= 0.6 is 0 Å². The van der Waals surface area contributed by atoms with Crippen molar-refractivity contribution in [1.29, 1.82) is 0 Å². The summed E-state index contributed by atoms with van der Waals surface area (Å²) in [6.45, 7) is 2.03. The zero-order valence-corrected chi connectivity index (χ0v) is 13.8. The van der Waals surface area contributed by atoms with E-state index in [9.17, 15) is 4.79 Å². The highest BCUT2D eigenvalue weighted by Crippen LogP contribution is 2.26. The van der Waals surface area contributed by atoms with Crippen molar-refractivity contribution in [2.45, 2.75) is 6.92 Å². The number of nitrogens with zero attached hydrogens (tertiary/aromatic N) is 2. The molecular weight excluding hydrogens is 304 g/mol. The van der Waals surface area contributed by atoms with Crippen LogP contribution in [0.4, 0.5) is 0 Å². The van der Waals surface area contributed by atoms with E-state index in [2.05, 4.69) is 5.10 Å². The van der Waals surface area contributed by atoms with Gasteiger partial charge >= 0.3 is 5.97 Å². The minimum Gasteiger partial charge on any atom is -0.497 e. The van der Waals surface area contributed by atoms with Gasteiger partial charge in [-0.3, -0.25) is 0 Å². The molecule has 0 fully saturated rings. The molecule has 0 aliphatic carbocycles. The van der Waals surface area contributed by atoms with Crippen LogP contribution in [0.1, 0.15) is 21.5 Å². The van der Waals surface area contributed by atoms with Crippen molar-refractivity contribution in [3.8, 4) is 5.75 Å². The highest BCUT2D eigenvalue weighted by Gasteiger charge is 2.16. The summed E-state index contributed by atoms with van der Waals surface area (Å²) in [4.78, 5) is 12.0. The summed E-state index contributed by atoms with van der Waals surface area (Å²) in [5.41, 5.74) is 3.41. The number of aromatic nitrogens is 1. The lowest BCUT2D eigenvalue weighted by Crippen LogP contribution is -1.99. The van der Waals surface area contributed by atoms with Gasteiger partial charge in [-0.25, -0.2) is 9.47 Å². The number of hydrogen-bond acceptors (Lipinski definition) is 4. The first-order chi connectivity index (χ1) is 11.6. The van der Waals surface area contributed by atoms with E-state index in [4.69, 9.17) is 9.47 Å². The number of carbonyl (C=O) groups is 1. The molecule has 0 atom stereocenters. The van der Waals surface area contributed by atoms with Crippen LogP contribution in [0, 0.1) is 6.92 Å². The number of ether oxygens (including phenoxy) is 2. The lowest BCUT2D eigenvalue weighted by molar-refractivity contribution is 0.0603. The molecule has 5 nitrogen and oxygen atoms in total. The average Bonchev–Trinajstić information content (AvgIpc) is 2.97. The van der Waals surface area contributed by atoms with Gasteiger partial charge in [0.1, 0.15) is 5.75 Å². The maximum absolute atomic E-state index is 12.0. The van der Waals surface area contributed by atoms with Crippen molar-refractivity contribution in [2.24, 2.45) is 5.10 Å². The SMILES string of the molecule is COC(=O)c1cn(/N=C/c2cccc(C)c2)c2ccc(OC)cc12. The summed E-state index contributed by atoms with van der Waals surface area (Å²) < 4.78 is 11.8. The summed E-state index contributed by atoms with van der Waals surface area (Å²) in [5.74, 6) is 0.269. The lowest BCUT2D eigenvalue weighted by atomic mass is 10.1. The Morgan fingerprint density at radius 1 is 1.17 bits per heavy atom. The number of fused-ring (bicyclic) bond motifs is 1. The van der Waals surface area contributed by atoms with E-state index in [-0.39, 0.29) is 0 Å². The molecule has 0 saturated carbocycles. The second-order valence-electron chi connectivity index (χ2n) is 5.42. The van der Waals surface area contributed by atoms with E-state index in [0.717, 1.165) is 22.0 Å². The molecule has 0 aliphatic rings. The average molecular weight is 322 g/mol. The molecule has 0 aliphatic heterocycles. The quantitative estimate of drug-likeness (QED) is 0.544. The van der Waals surface area contributed by atoms with E-state index in [1.807, 2.05) is 43.3 Å². The number of aryl methyl sites for hydroxylation is 1. The molecule has 0 amide bonds. The van der Waals surface area contributed by atoms with E-state index in [1.54, 1.807) is 30.3 Å². The Kier molecular flexibility index (Phi) is 4.33. The third-order valence-corrected chi connectivity index (χ3v) is 3.77. The Bertz CT molecular complexity index is 926. The van der Waals surface area contributed by atoms with Gasteiger partial charge in [0.25, 0.3) is 0 Å². The first-order valence-corrected chi connectivity index (χ1v) is 7.51. The minimum absolute atomic E-state index is 0.405. The highest BCUT2D eigenvalue weighted by atomic mass is 16.5. The molecule has 3 rings (SSSR count). The molecule has 1 aromatic heterocycles. The van der Waals surface area contributed by atoms with Gasteiger partial charge < -0.3 is 9.47 Å². The van der Waals surface area contributed by atoms with Gasteiger partial charge in [0.15, 0.2) is 0 Å². The second-order valence-corrected chi connectivity index (χ2v) is 5.42. The monoisotopic (exact) mass is 322 g/mol. The molecule has 2 aromatic carbocycles. The molecule has 0 spiro atoms. The van der Waals surface area contributed by atoms with Crippen molar-refractivity contribution in [3.05, 3.63) is 65.4 Å². The fraction of sp³-hybridized carbons (Fsp3) is 0.158. The van der Waals surface area contributed by atoms with Gasteiger partial charge in [-0.1, -0.05) is 29.8 Å². The number of rotatable bonds is 4. The number of hydrogen-bond donors (Lipinski definition) is 0. The molecule has 0 bridgehead atoms. The molecule has 0 saturated heterocycles. The Hall–Kier alpha value is -3.08. The van der Waals surface area contributed by atoms with Crippen molar-refractivity contribution < 1.29 is 14.3 Å². The van der Waals surface area contributed by atoms with Crippen LogP contribution in [-0.4, -0.2) is 31.1 Å². The normalized spacial score (nSPS) is 11.1. The van der Waals surface area contributed by atoms with Crippen molar-refractivity contribution >= 4 is 23.1 Å². The molecule has 0 N–H and O–H groups in total. The van der Waals surface area contributed by atoms with Gasteiger partial charge in [-0.2, -0.15) is 5.10 Å². The predicted octanol–water partition coefficient (Wildman–Crippen LogP) is 3.63.